The second-order valence-corrected chi connectivity index (χ2v) is 12.0. The summed E-state index contributed by atoms with van der Waals surface area (Å²) in [5.74, 6) is 0.306. The van der Waals surface area contributed by atoms with Crippen LogP contribution in [0, 0.1) is 5.92 Å². The quantitative estimate of drug-likeness (QED) is 0.310. The van der Waals surface area contributed by atoms with Crippen LogP contribution in [0.3, 0.4) is 0 Å². The van der Waals surface area contributed by atoms with E-state index in [-0.39, 0.29) is 19.0 Å². The fraction of sp³-hybridized carbons (Fsp3) is 0.387. The van der Waals surface area contributed by atoms with Crippen molar-refractivity contribution in [3.8, 4) is 0 Å². The van der Waals surface area contributed by atoms with Crippen LogP contribution in [0.5, 0.6) is 0 Å². The second kappa shape index (κ2) is 13.4. The first-order valence-electron chi connectivity index (χ1n) is 13.5. The highest BCUT2D eigenvalue weighted by Gasteiger charge is 2.24. The number of carbonyl (C=O) groups is 2. The van der Waals surface area contributed by atoms with Crippen LogP contribution in [0.1, 0.15) is 55.1 Å². The third kappa shape index (κ3) is 8.60. The maximum atomic E-state index is 13.1. The fourth-order valence-corrected chi connectivity index (χ4v) is 5.16. The molecule has 7 nitrogen and oxygen atoms in total. The molecule has 1 aliphatic rings. The van der Waals surface area contributed by atoms with Crippen LogP contribution in [-0.4, -0.2) is 47.1 Å². The molecule has 0 atom stereocenters. The SMILES string of the molecule is CC(C)(C)OC(=O)N(Cc1cccc(C(=O)NCC2CCN(c3ccncc3)CC2)c1)Cc1ccc(Cl)cc1Cl. The number of benzene rings is 2. The molecule has 40 heavy (non-hydrogen) atoms. The number of nitrogens with one attached hydrogen (secondary N) is 1. The summed E-state index contributed by atoms with van der Waals surface area (Å²) in [5, 5.41) is 4.10. The Hall–Kier alpha value is -3.29. The molecular weight excluding hydrogens is 547 g/mol. The van der Waals surface area contributed by atoms with Gasteiger partial charge in [-0.3, -0.25) is 14.7 Å². The standard InChI is InChI=1S/C31H36Cl2N4O3/c1-31(2,3)40-30(39)37(21-25-7-8-26(32)18-28(25)33)20-23-5-4-6-24(17-23)29(38)35-19-22-11-15-36(16-12-22)27-9-13-34-14-10-27/h4-10,13-14,17-18,22H,11-12,15-16,19-21H2,1-3H3,(H,35,38). The topological polar surface area (TPSA) is 74.8 Å². The number of amides is 2. The first-order valence-corrected chi connectivity index (χ1v) is 14.3. The number of piperidine rings is 1. The number of nitrogens with zero attached hydrogens (tertiary/aromatic N) is 3. The Labute approximate surface area is 246 Å². The molecule has 1 aromatic heterocycles. The molecule has 2 amide bonds. The van der Waals surface area contributed by atoms with Crippen molar-refractivity contribution in [3.63, 3.8) is 0 Å². The van der Waals surface area contributed by atoms with Crippen molar-refractivity contribution in [2.45, 2.75) is 52.3 Å². The van der Waals surface area contributed by atoms with Crippen LogP contribution in [0.2, 0.25) is 10.0 Å². The van der Waals surface area contributed by atoms with Crippen molar-refractivity contribution >= 4 is 40.9 Å². The predicted molar refractivity (Wildman–Crippen MR) is 160 cm³/mol. The maximum absolute atomic E-state index is 13.1. The van der Waals surface area contributed by atoms with Crippen molar-refractivity contribution < 1.29 is 14.3 Å². The van der Waals surface area contributed by atoms with Gasteiger partial charge in [-0.2, -0.15) is 0 Å². The molecule has 0 saturated carbocycles. The number of pyridine rings is 1. The highest BCUT2D eigenvalue weighted by molar-refractivity contribution is 6.35. The van der Waals surface area contributed by atoms with Gasteiger partial charge in [-0.15, -0.1) is 0 Å². The summed E-state index contributed by atoms with van der Waals surface area (Å²) in [6, 6.07) is 16.6. The van der Waals surface area contributed by atoms with Crippen LogP contribution >= 0.6 is 23.2 Å². The molecule has 0 radical (unpaired) electrons. The van der Waals surface area contributed by atoms with Gasteiger partial charge in [0, 0.05) is 59.9 Å². The zero-order valence-corrected chi connectivity index (χ0v) is 24.7. The Morgan fingerprint density at radius 1 is 1.02 bits per heavy atom. The first-order chi connectivity index (χ1) is 19.1. The van der Waals surface area contributed by atoms with Gasteiger partial charge in [0.2, 0.25) is 0 Å². The lowest BCUT2D eigenvalue weighted by Crippen LogP contribution is -2.38. The minimum absolute atomic E-state index is 0.122. The molecule has 2 aromatic carbocycles. The summed E-state index contributed by atoms with van der Waals surface area (Å²) in [6.45, 7) is 8.51. The minimum atomic E-state index is -0.657. The highest BCUT2D eigenvalue weighted by atomic mass is 35.5. The lowest BCUT2D eigenvalue weighted by atomic mass is 9.96. The Balaban J connectivity index is 1.37. The molecule has 0 aliphatic carbocycles. The maximum Gasteiger partial charge on any atom is 0.410 e. The summed E-state index contributed by atoms with van der Waals surface area (Å²) < 4.78 is 5.66. The van der Waals surface area contributed by atoms with Crippen LogP contribution in [0.4, 0.5) is 10.5 Å². The fourth-order valence-electron chi connectivity index (χ4n) is 4.69. The van der Waals surface area contributed by atoms with Crippen molar-refractivity contribution in [1.82, 2.24) is 15.2 Å². The first kappa shape index (κ1) is 29.7. The molecule has 0 unspecified atom stereocenters. The van der Waals surface area contributed by atoms with Crippen molar-refractivity contribution in [2.24, 2.45) is 5.92 Å². The summed E-state index contributed by atoms with van der Waals surface area (Å²) in [6.07, 6.45) is 5.19. The number of hydrogen-bond acceptors (Lipinski definition) is 5. The molecular formula is C31H36Cl2N4O3. The molecule has 1 saturated heterocycles. The number of rotatable bonds is 8. The van der Waals surface area contributed by atoms with Gasteiger partial charge >= 0.3 is 6.09 Å². The lowest BCUT2D eigenvalue weighted by Gasteiger charge is -2.33. The van der Waals surface area contributed by atoms with E-state index in [0.29, 0.717) is 28.1 Å². The third-order valence-corrected chi connectivity index (χ3v) is 7.37. The lowest BCUT2D eigenvalue weighted by molar-refractivity contribution is 0.0216. The Morgan fingerprint density at radius 2 is 1.75 bits per heavy atom. The molecule has 2 heterocycles. The van der Waals surface area contributed by atoms with E-state index in [1.807, 2.05) is 63.5 Å². The Bertz CT molecular complexity index is 1310. The van der Waals surface area contributed by atoms with E-state index < -0.39 is 11.7 Å². The van der Waals surface area contributed by atoms with E-state index in [4.69, 9.17) is 27.9 Å². The number of ether oxygens (including phenoxy) is 1. The van der Waals surface area contributed by atoms with Gasteiger partial charge in [-0.25, -0.2) is 4.79 Å². The number of anilines is 1. The average Bonchev–Trinajstić information content (AvgIpc) is 2.92. The van der Waals surface area contributed by atoms with E-state index >= 15 is 0 Å². The van der Waals surface area contributed by atoms with E-state index in [1.54, 1.807) is 29.2 Å². The molecule has 212 valence electrons. The van der Waals surface area contributed by atoms with Gasteiger partial charge in [0.1, 0.15) is 5.60 Å². The van der Waals surface area contributed by atoms with Crippen LogP contribution < -0.4 is 10.2 Å². The molecule has 1 N–H and O–H groups in total. The Kier molecular flexibility index (Phi) is 9.93. The number of halogens is 2. The zero-order chi connectivity index (χ0) is 28.7. The normalized spacial score (nSPS) is 14.1. The molecule has 0 bridgehead atoms. The van der Waals surface area contributed by atoms with Crippen LogP contribution in [0.15, 0.2) is 67.0 Å². The van der Waals surface area contributed by atoms with Crippen LogP contribution in [0.25, 0.3) is 0 Å². The molecule has 9 heteroatoms. The van der Waals surface area contributed by atoms with Gasteiger partial charge in [-0.05, 0) is 87.1 Å². The molecule has 1 aliphatic heterocycles. The average molecular weight is 584 g/mol. The van der Waals surface area contributed by atoms with Crippen LogP contribution in [-0.2, 0) is 17.8 Å². The van der Waals surface area contributed by atoms with Crippen molar-refractivity contribution in [2.75, 3.05) is 24.5 Å². The van der Waals surface area contributed by atoms with Gasteiger partial charge in [0.25, 0.3) is 5.91 Å². The van der Waals surface area contributed by atoms with E-state index in [2.05, 4.69) is 15.2 Å². The van der Waals surface area contributed by atoms with Gasteiger partial charge in [-0.1, -0.05) is 41.4 Å². The van der Waals surface area contributed by atoms with Crippen molar-refractivity contribution in [1.29, 1.82) is 0 Å². The summed E-state index contributed by atoms with van der Waals surface area (Å²) in [5.41, 5.74) is 2.65. The highest BCUT2D eigenvalue weighted by Crippen LogP contribution is 2.25. The zero-order valence-electron chi connectivity index (χ0n) is 23.2. The molecule has 3 aromatic rings. The summed E-state index contributed by atoms with van der Waals surface area (Å²) in [4.78, 5) is 34.2. The summed E-state index contributed by atoms with van der Waals surface area (Å²) >= 11 is 12.5. The number of hydrogen-bond donors (Lipinski definition) is 1. The Morgan fingerprint density at radius 3 is 2.42 bits per heavy atom. The monoisotopic (exact) mass is 582 g/mol. The van der Waals surface area contributed by atoms with Gasteiger partial charge in [0.05, 0.1) is 6.54 Å². The summed E-state index contributed by atoms with van der Waals surface area (Å²) in [7, 11) is 0. The largest absolute Gasteiger partial charge is 0.444 e. The number of aromatic nitrogens is 1. The molecule has 4 rings (SSSR count). The van der Waals surface area contributed by atoms with Gasteiger partial charge in [0.15, 0.2) is 0 Å². The molecule has 1 fully saturated rings. The van der Waals surface area contributed by atoms with E-state index in [1.165, 1.54) is 5.69 Å². The second-order valence-electron chi connectivity index (χ2n) is 11.1. The minimum Gasteiger partial charge on any atom is -0.444 e. The van der Waals surface area contributed by atoms with Gasteiger partial charge < -0.3 is 15.0 Å². The molecule has 0 spiro atoms. The number of carbonyl (C=O) groups excluding carboxylic acids is 2. The van der Waals surface area contributed by atoms with Crippen molar-refractivity contribution in [3.05, 3.63) is 93.7 Å². The third-order valence-electron chi connectivity index (χ3n) is 6.78. The predicted octanol–water partition coefficient (Wildman–Crippen LogP) is 6.97. The smallest absolute Gasteiger partial charge is 0.410 e. The van der Waals surface area contributed by atoms with E-state index in [9.17, 15) is 9.59 Å². The van der Waals surface area contributed by atoms with E-state index in [0.717, 1.165) is 37.1 Å².